The molecule has 10 heteroatoms. The lowest BCUT2D eigenvalue weighted by atomic mass is 9.93. The second-order valence-corrected chi connectivity index (χ2v) is 10.5. The number of thiazole rings is 1. The predicted molar refractivity (Wildman–Crippen MR) is 151 cm³/mol. The van der Waals surface area contributed by atoms with Crippen LogP contribution >= 0.6 is 22.9 Å². The molecule has 0 radical (unpaired) electrons. The van der Waals surface area contributed by atoms with Gasteiger partial charge in [-0.25, -0.2) is 9.79 Å². The molecule has 3 aromatic rings. The van der Waals surface area contributed by atoms with Gasteiger partial charge in [-0.2, -0.15) is 0 Å². The number of benzene rings is 2. The summed E-state index contributed by atoms with van der Waals surface area (Å²) >= 11 is 7.56. The zero-order valence-corrected chi connectivity index (χ0v) is 23.7. The molecular weight excluding hydrogens is 538 g/mol. The Balaban J connectivity index is 1.89. The molecule has 2 aliphatic rings. The van der Waals surface area contributed by atoms with Crippen molar-refractivity contribution in [3.8, 4) is 5.75 Å². The van der Waals surface area contributed by atoms with Crippen molar-refractivity contribution < 1.29 is 19.1 Å². The van der Waals surface area contributed by atoms with Gasteiger partial charge < -0.3 is 14.4 Å². The fourth-order valence-electron chi connectivity index (χ4n) is 5.20. The molecule has 0 fully saturated rings. The molecule has 1 atom stereocenters. The highest BCUT2D eigenvalue weighted by molar-refractivity contribution is 7.07. The van der Waals surface area contributed by atoms with Crippen molar-refractivity contribution in [1.29, 1.82) is 0 Å². The highest BCUT2D eigenvalue weighted by Gasteiger charge is 2.38. The Bertz CT molecular complexity index is 1700. The Morgan fingerprint density at radius 3 is 2.59 bits per heavy atom. The number of aromatic nitrogens is 1. The number of likely N-dealkylation sites (N-methyl/N-ethyl adjacent to an activating group) is 1. The van der Waals surface area contributed by atoms with Crippen LogP contribution in [-0.2, 0) is 14.3 Å². The summed E-state index contributed by atoms with van der Waals surface area (Å²) in [5.74, 6) is -0.338. The molecule has 1 amide bonds. The third-order valence-corrected chi connectivity index (χ3v) is 8.11. The molecule has 2 aromatic carbocycles. The molecule has 3 heterocycles. The lowest BCUT2D eigenvalue weighted by Gasteiger charge is -2.27. The van der Waals surface area contributed by atoms with Crippen molar-refractivity contribution in [2.24, 2.45) is 4.99 Å². The first-order valence-corrected chi connectivity index (χ1v) is 14.0. The van der Waals surface area contributed by atoms with E-state index in [9.17, 15) is 14.4 Å². The van der Waals surface area contributed by atoms with E-state index in [0.717, 1.165) is 23.4 Å². The highest BCUT2D eigenvalue weighted by Crippen LogP contribution is 2.39. The Labute approximate surface area is 234 Å². The summed E-state index contributed by atoms with van der Waals surface area (Å²) in [7, 11) is 1.52. The molecular formula is C29H28ClN3O5S. The van der Waals surface area contributed by atoms with E-state index in [-0.39, 0.29) is 22.6 Å². The first-order valence-electron chi connectivity index (χ1n) is 12.8. The number of para-hydroxylation sites is 1. The molecule has 1 aromatic heterocycles. The fourth-order valence-corrected chi connectivity index (χ4v) is 6.49. The molecule has 0 aliphatic carbocycles. The van der Waals surface area contributed by atoms with Gasteiger partial charge in [-0.1, -0.05) is 54.5 Å². The van der Waals surface area contributed by atoms with E-state index in [1.54, 1.807) is 30.0 Å². The van der Waals surface area contributed by atoms with Gasteiger partial charge in [0.15, 0.2) is 4.80 Å². The van der Waals surface area contributed by atoms with Crippen LogP contribution in [0.4, 0.5) is 5.69 Å². The van der Waals surface area contributed by atoms with Gasteiger partial charge in [0.2, 0.25) is 0 Å². The van der Waals surface area contributed by atoms with E-state index >= 15 is 0 Å². The van der Waals surface area contributed by atoms with Crippen molar-refractivity contribution >= 4 is 46.1 Å². The van der Waals surface area contributed by atoms with Gasteiger partial charge in [0, 0.05) is 22.7 Å². The zero-order chi connectivity index (χ0) is 27.8. The summed E-state index contributed by atoms with van der Waals surface area (Å²) in [6, 6.07) is 11.6. The number of rotatable bonds is 7. The molecule has 0 saturated heterocycles. The summed E-state index contributed by atoms with van der Waals surface area (Å²) < 4.78 is 12.8. The van der Waals surface area contributed by atoms with Gasteiger partial charge in [-0.3, -0.25) is 14.2 Å². The topological polar surface area (TPSA) is 90.2 Å². The smallest absolute Gasteiger partial charge is 0.338 e. The van der Waals surface area contributed by atoms with Crippen LogP contribution in [-0.4, -0.2) is 36.7 Å². The van der Waals surface area contributed by atoms with Gasteiger partial charge in [0.05, 0.1) is 36.2 Å². The summed E-state index contributed by atoms with van der Waals surface area (Å²) in [5.41, 5.74) is 2.71. The van der Waals surface area contributed by atoms with Crippen LogP contribution in [0.3, 0.4) is 0 Å². The lowest BCUT2D eigenvalue weighted by Crippen LogP contribution is -2.41. The minimum atomic E-state index is -0.904. The third kappa shape index (κ3) is 4.39. The van der Waals surface area contributed by atoms with Crippen molar-refractivity contribution in [2.75, 3.05) is 25.2 Å². The van der Waals surface area contributed by atoms with Crippen LogP contribution in [0.1, 0.15) is 50.8 Å². The Morgan fingerprint density at radius 1 is 1.13 bits per heavy atom. The Hall–Kier alpha value is -3.69. The fraction of sp³-hybridized carbons (Fsp3) is 0.310. The van der Waals surface area contributed by atoms with Gasteiger partial charge in [0.1, 0.15) is 16.3 Å². The van der Waals surface area contributed by atoms with Crippen molar-refractivity contribution in [3.63, 3.8) is 0 Å². The molecule has 0 N–H and O–H groups in total. The largest absolute Gasteiger partial charge is 0.496 e. The Morgan fingerprint density at radius 2 is 1.90 bits per heavy atom. The quantitative estimate of drug-likeness (QED) is 0.404. The maximum atomic E-state index is 14.3. The minimum absolute atomic E-state index is 0.161. The number of methoxy groups -OCH3 is 1. The summed E-state index contributed by atoms with van der Waals surface area (Å²) in [5, 5.41) is 0.423. The normalized spacial score (nSPS) is 17.6. The number of amides is 1. The number of hydrogen-bond donors (Lipinski definition) is 0. The number of carbonyl (C=O) groups is 2. The average Bonchev–Trinajstić information content (AvgIpc) is 3.40. The standard InChI is InChI=1S/C29H28ClN3O5S/c1-5-10-19-23(28(36)38-7-3)24(18-15-16(30)13-14-21(18)37-4)33-27(35)25(39-29(33)31-19)22-17-11-8-9-12-20(17)32(6-2)26(22)34/h8-9,11-15,24H,5-7,10H2,1-4H3/b25-22-/t24-/m0/s1. The maximum absolute atomic E-state index is 14.3. The van der Waals surface area contributed by atoms with Crippen molar-refractivity contribution in [1.82, 2.24) is 4.57 Å². The second kappa shape index (κ2) is 10.8. The monoisotopic (exact) mass is 565 g/mol. The number of anilines is 1. The van der Waals surface area contributed by atoms with Gasteiger partial charge in [-0.15, -0.1) is 0 Å². The first kappa shape index (κ1) is 26.9. The number of nitrogens with zero attached hydrogens (tertiary/aromatic N) is 3. The molecule has 202 valence electrons. The number of ether oxygens (including phenoxy) is 2. The molecule has 5 rings (SSSR count). The van der Waals surface area contributed by atoms with E-state index in [1.807, 2.05) is 38.1 Å². The number of carbonyl (C=O) groups excluding carboxylic acids is 2. The second-order valence-electron chi connectivity index (χ2n) is 9.06. The number of halogens is 1. The number of esters is 1. The van der Waals surface area contributed by atoms with E-state index in [0.29, 0.717) is 50.9 Å². The van der Waals surface area contributed by atoms with E-state index < -0.39 is 17.6 Å². The minimum Gasteiger partial charge on any atom is -0.496 e. The van der Waals surface area contributed by atoms with Crippen LogP contribution in [0.15, 0.2) is 63.5 Å². The van der Waals surface area contributed by atoms with E-state index in [1.165, 1.54) is 11.7 Å². The predicted octanol–water partition coefficient (Wildman–Crippen LogP) is 3.98. The van der Waals surface area contributed by atoms with Gasteiger partial charge >= 0.3 is 5.97 Å². The Kier molecular flexibility index (Phi) is 7.46. The first-order chi connectivity index (χ1) is 18.9. The summed E-state index contributed by atoms with van der Waals surface area (Å²) in [6.07, 6.45) is 1.22. The van der Waals surface area contributed by atoms with Crippen LogP contribution in [0, 0.1) is 0 Å². The van der Waals surface area contributed by atoms with Crippen molar-refractivity contribution in [3.05, 3.63) is 89.6 Å². The third-order valence-electron chi connectivity index (χ3n) is 6.82. The van der Waals surface area contributed by atoms with Gasteiger partial charge in [-0.05, 0) is 44.5 Å². The molecule has 0 unspecified atom stereocenters. The van der Waals surface area contributed by atoms with E-state index in [2.05, 4.69) is 0 Å². The van der Waals surface area contributed by atoms with Crippen LogP contribution in [0.2, 0.25) is 5.02 Å². The molecule has 0 saturated carbocycles. The number of hydrogen-bond acceptors (Lipinski definition) is 7. The number of allylic oxidation sites excluding steroid dienone is 1. The van der Waals surface area contributed by atoms with Gasteiger partial charge in [0.25, 0.3) is 11.5 Å². The van der Waals surface area contributed by atoms with Crippen molar-refractivity contribution in [2.45, 2.75) is 39.7 Å². The molecule has 8 nitrogen and oxygen atoms in total. The molecule has 2 aliphatic heterocycles. The number of fused-ring (bicyclic) bond motifs is 2. The highest BCUT2D eigenvalue weighted by atomic mass is 35.5. The van der Waals surface area contributed by atoms with Crippen LogP contribution < -0.4 is 24.5 Å². The maximum Gasteiger partial charge on any atom is 0.338 e. The molecule has 39 heavy (non-hydrogen) atoms. The van der Waals surface area contributed by atoms with Crippen LogP contribution in [0.5, 0.6) is 5.75 Å². The average molecular weight is 566 g/mol. The molecule has 0 spiro atoms. The summed E-state index contributed by atoms with van der Waals surface area (Å²) in [6.45, 7) is 6.24. The summed E-state index contributed by atoms with van der Waals surface area (Å²) in [4.78, 5) is 48.1. The molecule has 0 bridgehead atoms. The van der Waals surface area contributed by atoms with Crippen LogP contribution in [0.25, 0.3) is 5.57 Å². The lowest BCUT2D eigenvalue weighted by molar-refractivity contribution is -0.139. The zero-order valence-electron chi connectivity index (χ0n) is 22.1. The van der Waals surface area contributed by atoms with E-state index in [4.69, 9.17) is 26.1 Å². The SMILES string of the molecule is CCCC1=C(C(=O)OCC)[C@H](c2cc(Cl)ccc2OC)n2c(s/c(=C3\C(=O)N(CC)c4ccccc43)c2=O)=N1.